The van der Waals surface area contributed by atoms with Crippen molar-refractivity contribution in [1.29, 1.82) is 0 Å². The highest BCUT2D eigenvalue weighted by atomic mass is 32.2. The first-order chi connectivity index (χ1) is 14.5. The molecule has 0 saturated carbocycles. The average Bonchev–Trinajstić information content (AvgIpc) is 3.14. The molecule has 154 valence electrons. The van der Waals surface area contributed by atoms with Gasteiger partial charge in [0, 0.05) is 25.4 Å². The molecule has 0 aliphatic carbocycles. The fraction of sp³-hybridized carbons (Fsp3) is 0.217. The molecule has 1 aromatic heterocycles. The molecule has 1 aliphatic heterocycles. The highest BCUT2D eigenvalue weighted by Gasteiger charge is 2.29. The Hall–Kier alpha value is -3.19. The van der Waals surface area contributed by atoms with E-state index >= 15 is 0 Å². The van der Waals surface area contributed by atoms with Crippen LogP contribution in [0.15, 0.2) is 79.0 Å². The normalized spacial score (nSPS) is 16.2. The molecule has 4 rings (SSSR count). The number of carbonyl (C=O) groups is 1. The standard InChI is InChI=1S/C23H23N3O3S/c1-25(22(18-8-3-2-4-9-18)21-10-5-6-15-24-21)23(27)19-11-13-20(14-12-19)26-16-7-17-30(26,28)29/h2-6,8-15,22H,7,16-17H2,1H3. The maximum Gasteiger partial charge on any atom is 0.254 e. The Labute approximate surface area is 176 Å². The molecule has 7 heteroatoms. The summed E-state index contributed by atoms with van der Waals surface area (Å²) in [6.07, 6.45) is 2.34. The van der Waals surface area contributed by atoms with Crippen LogP contribution < -0.4 is 4.31 Å². The number of hydrogen-bond donors (Lipinski definition) is 0. The van der Waals surface area contributed by atoms with Crippen LogP contribution in [0.1, 0.15) is 34.1 Å². The van der Waals surface area contributed by atoms with E-state index in [2.05, 4.69) is 4.98 Å². The van der Waals surface area contributed by atoms with E-state index in [0.29, 0.717) is 24.2 Å². The molecule has 2 aromatic carbocycles. The molecule has 0 N–H and O–H groups in total. The summed E-state index contributed by atoms with van der Waals surface area (Å²) in [5, 5.41) is 0. The first-order valence-electron chi connectivity index (χ1n) is 9.81. The molecule has 0 spiro atoms. The highest BCUT2D eigenvalue weighted by molar-refractivity contribution is 7.93. The first kappa shape index (κ1) is 20.1. The average molecular weight is 422 g/mol. The van der Waals surface area contributed by atoms with Gasteiger partial charge in [0.1, 0.15) is 0 Å². The van der Waals surface area contributed by atoms with Crippen molar-refractivity contribution in [2.45, 2.75) is 12.5 Å². The van der Waals surface area contributed by atoms with Crippen LogP contribution in [0.5, 0.6) is 0 Å². The fourth-order valence-corrected chi connectivity index (χ4v) is 5.35. The van der Waals surface area contributed by atoms with Crippen LogP contribution >= 0.6 is 0 Å². The van der Waals surface area contributed by atoms with Crippen molar-refractivity contribution in [1.82, 2.24) is 9.88 Å². The summed E-state index contributed by atoms with van der Waals surface area (Å²) in [6.45, 7) is 0.477. The molecular formula is C23H23N3O3S. The van der Waals surface area contributed by atoms with E-state index in [1.807, 2.05) is 48.5 Å². The van der Waals surface area contributed by atoms with Gasteiger partial charge in [-0.05, 0) is 48.4 Å². The van der Waals surface area contributed by atoms with Crippen molar-refractivity contribution in [3.8, 4) is 0 Å². The molecule has 6 nitrogen and oxygen atoms in total. The molecular weight excluding hydrogens is 398 g/mol. The zero-order chi connectivity index (χ0) is 21.1. The predicted octanol–water partition coefficient (Wildman–Crippen LogP) is 3.48. The second-order valence-electron chi connectivity index (χ2n) is 7.27. The summed E-state index contributed by atoms with van der Waals surface area (Å²) >= 11 is 0. The lowest BCUT2D eigenvalue weighted by Gasteiger charge is -2.28. The van der Waals surface area contributed by atoms with E-state index in [9.17, 15) is 13.2 Å². The Morgan fingerprint density at radius 1 is 1.00 bits per heavy atom. The third-order valence-electron chi connectivity index (χ3n) is 5.29. The van der Waals surface area contributed by atoms with Gasteiger partial charge in [-0.15, -0.1) is 0 Å². The zero-order valence-electron chi connectivity index (χ0n) is 16.7. The minimum Gasteiger partial charge on any atom is -0.329 e. The summed E-state index contributed by atoms with van der Waals surface area (Å²) in [5.74, 6) is 0.00420. The molecule has 1 unspecified atom stereocenters. The topological polar surface area (TPSA) is 70.6 Å². The first-order valence-corrected chi connectivity index (χ1v) is 11.4. The van der Waals surface area contributed by atoms with Crippen molar-refractivity contribution in [2.24, 2.45) is 0 Å². The summed E-state index contributed by atoms with van der Waals surface area (Å²) in [6, 6.07) is 21.8. The number of carbonyl (C=O) groups excluding carboxylic acids is 1. The fourth-order valence-electron chi connectivity index (χ4n) is 3.79. The van der Waals surface area contributed by atoms with Gasteiger partial charge < -0.3 is 4.90 Å². The van der Waals surface area contributed by atoms with Crippen LogP contribution in [0.3, 0.4) is 0 Å². The maximum absolute atomic E-state index is 13.3. The molecule has 1 amide bonds. The lowest BCUT2D eigenvalue weighted by Crippen LogP contribution is -2.32. The second kappa shape index (κ2) is 8.28. The maximum atomic E-state index is 13.3. The van der Waals surface area contributed by atoms with E-state index in [4.69, 9.17) is 0 Å². The van der Waals surface area contributed by atoms with E-state index in [-0.39, 0.29) is 17.7 Å². The van der Waals surface area contributed by atoms with E-state index in [1.165, 1.54) is 4.31 Å². The summed E-state index contributed by atoms with van der Waals surface area (Å²) < 4.78 is 25.7. The van der Waals surface area contributed by atoms with E-state index < -0.39 is 10.0 Å². The number of sulfonamides is 1. The van der Waals surface area contributed by atoms with Gasteiger partial charge in [0.25, 0.3) is 5.91 Å². The number of nitrogens with zero attached hydrogens (tertiary/aromatic N) is 3. The quantitative estimate of drug-likeness (QED) is 0.632. The zero-order valence-corrected chi connectivity index (χ0v) is 17.5. The van der Waals surface area contributed by atoms with Crippen molar-refractivity contribution in [2.75, 3.05) is 23.7 Å². The Morgan fingerprint density at radius 2 is 1.70 bits per heavy atom. The third-order valence-corrected chi connectivity index (χ3v) is 7.16. The van der Waals surface area contributed by atoms with Crippen molar-refractivity contribution in [3.05, 3.63) is 95.8 Å². The van der Waals surface area contributed by atoms with Crippen molar-refractivity contribution < 1.29 is 13.2 Å². The summed E-state index contributed by atoms with van der Waals surface area (Å²) in [4.78, 5) is 19.4. The van der Waals surface area contributed by atoms with Gasteiger partial charge in [-0.1, -0.05) is 36.4 Å². The van der Waals surface area contributed by atoms with Gasteiger partial charge in [-0.3, -0.25) is 14.1 Å². The molecule has 30 heavy (non-hydrogen) atoms. The number of amides is 1. The largest absolute Gasteiger partial charge is 0.329 e. The van der Waals surface area contributed by atoms with Crippen LogP contribution in [-0.2, 0) is 10.0 Å². The SMILES string of the molecule is CN(C(=O)c1ccc(N2CCCS2(=O)=O)cc1)C(c1ccccc1)c1ccccn1. The smallest absolute Gasteiger partial charge is 0.254 e. The summed E-state index contributed by atoms with van der Waals surface area (Å²) in [7, 11) is -1.49. The van der Waals surface area contributed by atoms with Gasteiger partial charge in [0.15, 0.2) is 0 Å². The molecule has 2 heterocycles. The van der Waals surface area contributed by atoms with Crippen LogP contribution in [0, 0.1) is 0 Å². The minimum atomic E-state index is -3.25. The minimum absolute atomic E-state index is 0.162. The number of pyridine rings is 1. The number of anilines is 1. The Balaban J connectivity index is 1.62. The van der Waals surface area contributed by atoms with Crippen molar-refractivity contribution >= 4 is 21.6 Å². The molecule has 1 atom stereocenters. The third kappa shape index (κ3) is 3.93. The number of rotatable bonds is 5. The van der Waals surface area contributed by atoms with Crippen LogP contribution in [-0.4, -0.2) is 43.6 Å². The van der Waals surface area contributed by atoms with Crippen molar-refractivity contribution in [3.63, 3.8) is 0 Å². The van der Waals surface area contributed by atoms with Crippen LogP contribution in [0.2, 0.25) is 0 Å². The van der Waals surface area contributed by atoms with Crippen LogP contribution in [0.25, 0.3) is 0 Å². The molecule has 0 radical (unpaired) electrons. The Morgan fingerprint density at radius 3 is 2.30 bits per heavy atom. The molecule has 3 aromatic rings. The van der Waals surface area contributed by atoms with Gasteiger partial charge in [-0.25, -0.2) is 8.42 Å². The van der Waals surface area contributed by atoms with E-state index in [0.717, 1.165) is 11.3 Å². The Bertz CT molecular complexity index is 1080. The Kier molecular flexibility index (Phi) is 5.55. The second-order valence-corrected chi connectivity index (χ2v) is 9.29. The van der Waals surface area contributed by atoms with Gasteiger partial charge >= 0.3 is 0 Å². The van der Waals surface area contributed by atoms with Crippen LogP contribution in [0.4, 0.5) is 5.69 Å². The molecule has 1 aliphatic rings. The lowest BCUT2D eigenvalue weighted by atomic mass is 10.0. The van der Waals surface area contributed by atoms with Gasteiger partial charge in [0.05, 0.1) is 23.2 Å². The monoisotopic (exact) mass is 421 g/mol. The van der Waals surface area contributed by atoms with E-state index in [1.54, 1.807) is 42.4 Å². The predicted molar refractivity (Wildman–Crippen MR) is 117 cm³/mol. The number of benzene rings is 2. The summed E-state index contributed by atoms with van der Waals surface area (Å²) in [5.41, 5.74) is 2.83. The molecule has 1 saturated heterocycles. The molecule has 1 fully saturated rings. The number of aromatic nitrogens is 1. The highest BCUT2D eigenvalue weighted by Crippen LogP contribution is 2.29. The van der Waals surface area contributed by atoms with Gasteiger partial charge in [-0.2, -0.15) is 0 Å². The lowest BCUT2D eigenvalue weighted by molar-refractivity contribution is 0.0752. The van der Waals surface area contributed by atoms with Gasteiger partial charge in [0.2, 0.25) is 10.0 Å². The number of hydrogen-bond acceptors (Lipinski definition) is 4. The molecule has 0 bridgehead atoms.